The second-order valence-electron chi connectivity index (χ2n) is 7.21. The maximum absolute atomic E-state index is 12.4. The maximum atomic E-state index is 12.4. The van der Waals surface area contributed by atoms with Crippen LogP contribution in [0.25, 0.3) is 0 Å². The molecule has 1 aliphatic heterocycles. The monoisotopic (exact) mass is 418 g/mol. The number of rotatable bonds is 6. The SMILES string of the molecule is CC1CN(c2ccc(NC(=O)[C@H](C)NS(=O)(=O)c3ccccc3)cn2)CC(C)O1. The highest BCUT2D eigenvalue weighted by atomic mass is 32.2. The van der Waals surface area contributed by atoms with Gasteiger partial charge in [0, 0.05) is 13.1 Å². The van der Waals surface area contributed by atoms with Crippen molar-refractivity contribution in [1.29, 1.82) is 0 Å². The largest absolute Gasteiger partial charge is 0.372 e. The third-order valence-electron chi connectivity index (χ3n) is 4.54. The number of hydrogen-bond donors (Lipinski definition) is 2. The lowest BCUT2D eigenvalue weighted by Crippen LogP contribution is -2.45. The molecule has 0 radical (unpaired) electrons. The van der Waals surface area contributed by atoms with Gasteiger partial charge < -0.3 is 15.0 Å². The van der Waals surface area contributed by atoms with E-state index in [4.69, 9.17) is 4.74 Å². The second kappa shape index (κ2) is 8.89. The summed E-state index contributed by atoms with van der Waals surface area (Å²) in [4.78, 5) is 19.1. The second-order valence-corrected chi connectivity index (χ2v) is 8.93. The average Bonchev–Trinajstić information content (AvgIpc) is 2.68. The molecular weight excluding hydrogens is 392 g/mol. The van der Waals surface area contributed by atoms with Gasteiger partial charge in [-0.2, -0.15) is 4.72 Å². The van der Waals surface area contributed by atoms with Crippen LogP contribution in [0.15, 0.2) is 53.6 Å². The number of amides is 1. The maximum Gasteiger partial charge on any atom is 0.242 e. The summed E-state index contributed by atoms with van der Waals surface area (Å²) in [5.74, 6) is 0.343. The Labute approximate surface area is 171 Å². The lowest BCUT2D eigenvalue weighted by atomic mass is 10.2. The summed E-state index contributed by atoms with van der Waals surface area (Å²) in [6.45, 7) is 7.04. The van der Waals surface area contributed by atoms with Gasteiger partial charge in [-0.1, -0.05) is 18.2 Å². The topological polar surface area (TPSA) is 101 Å². The molecule has 1 aromatic heterocycles. The number of aromatic nitrogens is 1. The Morgan fingerprint density at radius 2 is 1.79 bits per heavy atom. The molecule has 3 rings (SSSR count). The number of ether oxygens (including phenoxy) is 1. The number of benzene rings is 1. The van der Waals surface area contributed by atoms with Crippen LogP contribution in [-0.4, -0.2) is 50.6 Å². The predicted octanol–water partition coefficient (Wildman–Crippen LogP) is 2.00. The van der Waals surface area contributed by atoms with Crippen molar-refractivity contribution in [3.05, 3.63) is 48.7 Å². The Kier molecular flexibility index (Phi) is 6.51. The van der Waals surface area contributed by atoms with Crippen LogP contribution in [0.1, 0.15) is 20.8 Å². The van der Waals surface area contributed by atoms with Crippen LogP contribution < -0.4 is 14.9 Å². The van der Waals surface area contributed by atoms with Crippen molar-refractivity contribution in [3.63, 3.8) is 0 Å². The van der Waals surface area contributed by atoms with E-state index in [-0.39, 0.29) is 17.1 Å². The number of anilines is 2. The highest BCUT2D eigenvalue weighted by Gasteiger charge is 2.24. The van der Waals surface area contributed by atoms with Crippen LogP contribution in [0.2, 0.25) is 0 Å². The number of nitrogens with zero attached hydrogens (tertiary/aromatic N) is 2. The van der Waals surface area contributed by atoms with Crippen LogP contribution in [0.3, 0.4) is 0 Å². The summed E-state index contributed by atoms with van der Waals surface area (Å²) >= 11 is 0. The Hall–Kier alpha value is -2.49. The van der Waals surface area contributed by atoms with E-state index < -0.39 is 22.0 Å². The molecule has 1 amide bonds. The first-order chi connectivity index (χ1) is 13.7. The molecule has 29 heavy (non-hydrogen) atoms. The van der Waals surface area contributed by atoms with Crippen LogP contribution in [0.4, 0.5) is 11.5 Å². The highest BCUT2D eigenvalue weighted by molar-refractivity contribution is 7.89. The summed E-state index contributed by atoms with van der Waals surface area (Å²) in [6, 6.07) is 10.6. The summed E-state index contributed by atoms with van der Waals surface area (Å²) in [5, 5.41) is 2.69. The van der Waals surface area contributed by atoms with E-state index in [2.05, 4.69) is 19.9 Å². The number of carbonyl (C=O) groups is 1. The van der Waals surface area contributed by atoms with Gasteiger partial charge in [0.1, 0.15) is 5.82 Å². The molecule has 2 N–H and O–H groups in total. The van der Waals surface area contributed by atoms with Gasteiger partial charge in [0.25, 0.3) is 0 Å². The first-order valence-corrected chi connectivity index (χ1v) is 11.0. The van der Waals surface area contributed by atoms with Crippen molar-refractivity contribution in [3.8, 4) is 0 Å². The molecule has 0 bridgehead atoms. The number of carbonyl (C=O) groups excluding carboxylic acids is 1. The summed E-state index contributed by atoms with van der Waals surface area (Å²) in [5.41, 5.74) is 0.499. The fourth-order valence-corrected chi connectivity index (χ4v) is 4.44. The lowest BCUT2D eigenvalue weighted by molar-refractivity contribution is -0.117. The minimum absolute atomic E-state index is 0.111. The van der Waals surface area contributed by atoms with E-state index in [9.17, 15) is 13.2 Å². The molecule has 0 saturated carbocycles. The first kappa shape index (κ1) is 21.2. The summed E-state index contributed by atoms with van der Waals surface area (Å²) in [7, 11) is -3.77. The summed E-state index contributed by atoms with van der Waals surface area (Å²) < 4.78 is 32.8. The van der Waals surface area contributed by atoms with Crippen LogP contribution >= 0.6 is 0 Å². The van der Waals surface area contributed by atoms with Crippen LogP contribution in [-0.2, 0) is 19.6 Å². The number of sulfonamides is 1. The molecule has 156 valence electrons. The third kappa shape index (κ3) is 5.53. The van der Waals surface area contributed by atoms with Gasteiger partial charge in [-0.05, 0) is 45.0 Å². The highest BCUT2D eigenvalue weighted by Crippen LogP contribution is 2.20. The average molecular weight is 419 g/mol. The molecule has 0 aliphatic carbocycles. The van der Waals surface area contributed by atoms with E-state index in [1.807, 2.05) is 19.9 Å². The van der Waals surface area contributed by atoms with Gasteiger partial charge >= 0.3 is 0 Å². The standard InChI is InChI=1S/C20H26N4O4S/c1-14-12-24(13-15(2)28-14)19-10-9-17(11-21-19)22-20(25)16(3)23-29(26,27)18-7-5-4-6-8-18/h4-11,14-16,23H,12-13H2,1-3H3,(H,22,25)/t14?,15?,16-/m0/s1. The third-order valence-corrected chi connectivity index (χ3v) is 6.09. The Morgan fingerprint density at radius 3 is 2.38 bits per heavy atom. The molecule has 3 atom stereocenters. The van der Waals surface area contributed by atoms with Crippen molar-refractivity contribution in [2.45, 2.75) is 43.9 Å². The number of hydrogen-bond acceptors (Lipinski definition) is 6. The Balaban J connectivity index is 1.60. The predicted molar refractivity (Wildman–Crippen MR) is 111 cm³/mol. The zero-order chi connectivity index (χ0) is 21.0. The van der Waals surface area contributed by atoms with E-state index in [1.54, 1.807) is 30.5 Å². The van der Waals surface area contributed by atoms with Gasteiger partial charge in [0.2, 0.25) is 15.9 Å². The van der Waals surface area contributed by atoms with E-state index in [0.29, 0.717) is 5.69 Å². The van der Waals surface area contributed by atoms with Crippen molar-refractivity contribution < 1.29 is 17.9 Å². The molecule has 8 nitrogen and oxygen atoms in total. The van der Waals surface area contributed by atoms with Gasteiger partial charge in [0.05, 0.1) is 35.0 Å². The molecule has 9 heteroatoms. The van der Waals surface area contributed by atoms with Gasteiger partial charge in [-0.3, -0.25) is 4.79 Å². The van der Waals surface area contributed by atoms with Gasteiger partial charge in [0.15, 0.2) is 0 Å². The zero-order valence-electron chi connectivity index (χ0n) is 16.7. The van der Waals surface area contributed by atoms with Crippen LogP contribution in [0.5, 0.6) is 0 Å². The number of morpholine rings is 1. The molecule has 1 fully saturated rings. The Bertz CT molecular complexity index is 925. The smallest absolute Gasteiger partial charge is 0.242 e. The van der Waals surface area contributed by atoms with Gasteiger partial charge in [-0.15, -0.1) is 0 Å². The molecule has 1 aromatic carbocycles. The molecular formula is C20H26N4O4S. The minimum Gasteiger partial charge on any atom is -0.372 e. The zero-order valence-corrected chi connectivity index (χ0v) is 17.5. The number of nitrogens with one attached hydrogen (secondary N) is 2. The quantitative estimate of drug-likeness (QED) is 0.744. The number of pyridine rings is 1. The van der Waals surface area contributed by atoms with Gasteiger partial charge in [-0.25, -0.2) is 13.4 Å². The molecule has 2 aromatic rings. The van der Waals surface area contributed by atoms with E-state index in [0.717, 1.165) is 18.9 Å². The van der Waals surface area contributed by atoms with Crippen molar-refractivity contribution in [2.75, 3.05) is 23.3 Å². The first-order valence-electron chi connectivity index (χ1n) is 9.49. The van der Waals surface area contributed by atoms with Crippen molar-refractivity contribution in [1.82, 2.24) is 9.71 Å². The molecule has 1 saturated heterocycles. The fourth-order valence-electron chi connectivity index (χ4n) is 3.22. The van der Waals surface area contributed by atoms with Crippen molar-refractivity contribution >= 4 is 27.4 Å². The van der Waals surface area contributed by atoms with E-state index in [1.165, 1.54) is 19.1 Å². The normalized spacial score (nSPS) is 20.9. The fraction of sp³-hybridized carbons (Fsp3) is 0.400. The summed E-state index contributed by atoms with van der Waals surface area (Å²) in [6.07, 6.45) is 1.81. The Morgan fingerprint density at radius 1 is 1.14 bits per heavy atom. The van der Waals surface area contributed by atoms with E-state index >= 15 is 0 Å². The van der Waals surface area contributed by atoms with Crippen molar-refractivity contribution in [2.24, 2.45) is 0 Å². The molecule has 0 spiro atoms. The molecule has 1 aliphatic rings. The molecule has 2 heterocycles. The van der Waals surface area contributed by atoms with Crippen LogP contribution in [0, 0.1) is 0 Å². The minimum atomic E-state index is -3.77. The lowest BCUT2D eigenvalue weighted by Gasteiger charge is -2.36. The molecule has 2 unspecified atom stereocenters.